The van der Waals surface area contributed by atoms with Crippen LogP contribution in [0.5, 0.6) is 0 Å². The van der Waals surface area contributed by atoms with Gasteiger partial charge in [-0.05, 0) is 49.2 Å². The molecule has 0 radical (unpaired) electrons. The smallest absolute Gasteiger partial charge is 0.0991 e. The van der Waals surface area contributed by atoms with E-state index in [1.807, 2.05) is 12.1 Å². The molecule has 2 nitrogen and oxygen atoms in total. The van der Waals surface area contributed by atoms with Crippen molar-refractivity contribution >= 4 is 11.4 Å². The van der Waals surface area contributed by atoms with Crippen LogP contribution in [0.2, 0.25) is 0 Å². The lowest BCUT2D eigenvalue weighted by Gasteiger charge is -2.36. The highest BCUT2D eigenvalue weighted by Crippen LogP contribution is 2.34. The van der Waals surface area contributed by atoms with E-state index >= 15 is 0 Å². The first-order chi connectivity index (χ1) is 10.4. The summed E-state index contributed by atoms with van der Waals surface area (Å²) in [5, 5.41) is 8.97. The minimum absolute atomic E-state index is 0.564. The average molecular weight is 276 g/mol. The van der Waals surface area contributed by atoms with Crippen molar-refractivity contribution in [2.45, 2.75) is 38.1 Å². The molecule has 0 spiro atoms. The second-order valence-electron chi connectivity index (χ2n) is 5.66. The van der Waals surface area contributed by atoms with Crippen molar-refractivity contribution in [3.8, 4) is 6.07 Å². The standard InChI is InChI=1S/C19H20N2/c20-15-16-11-13-19(14-12-16)21(17-7-3-1-4-8-17)18-9-5-2-6-10-18/h1,3-4,7-8,11-14,18H,2,5-6,9-10H2. The van der Waals surface area contributed by atoms with Crippen molar-refractivity contribution in [3.05, 3.63) is 60.2 Å². The molecule has 106 valence electrons. The maximum absolute atomic E-state index is 8.97. The van der Waals surface area contributed by atoms with Gasteiger partial charge in [0.1, 0.15) is 0 Å². The van der Waals surface area contributed by atoms with Crippen LogP contribution in [-0.2, 0) is 0 Å². The number of nitriles is 1. The maximum Gasteiger partial charge on any atom is 0.0991 e. The van der Waals surface area contributed by atoms with E-state index in [2.05, 4.69) is 53.4 Å². The lowest BCUT2D eigenvalue weighted by molar-refractivity contribution is 0.436. The number of anilines is 2. The summed E-state index contributed by atoms with van der Waals surface area (Å²) in [5.41, 5.74) is 3.15. The molecule has 3 rings (SSSR count). The summed E-state index contributed by atoms with van der Waals surface area (Å²) in [7, 11) is 0. The largest absolute Gasteiger partial charge is 0.338 e. The Balaban J connectivity index is 1.96. The van der Waals surface area contributed by atoms with Gasteiger partial charge in [-0.15, -0.1) is 0 Å². The first-order valence-electron chi connectivity index (χ1n) is 7.73. The van der Waals surface area contributed by atoms with E-state index in [4.69, 9.17) is 5.26 Å². The highest BCUT2D eigenvalue weighted by atomic mass is 15.2. The van der Waals surface area contributed by atoms with E-state index in [1.54, 1.807) is 0 Å². The van der Waals surface area contributed by atoms with Gasteiger partial charge in [0.05, 0.1) is 11.6 Å². The number of para-hydroxylation sites is 1. The number of rotatable bonds is 3. The fraction of sp³-hybridized carbons (Fsp3) is 0.316. The van der Waals surface area contributed by atoms with Gasteiger partial charge in [0.2, 0.25) is 0 Å². The summed E-state index contributed by atoms with van der Waals surface area (Å²) in [4.78, 5) is 2.44. The Morgan fingerprint density at radius 3 is 2.05 bits per heavy atom. The zero-order valence-electron chi connectivity index (χ0n) is 12.2. The van der Waals surface area contributed by atoms with E-state index in [1.165, 1.54) is 43.5 Å². The fourth-order valence-electron chi connectivity index (χ4n) is 3.20. The third-order valence-electron chi connectivity index (χ3n) is 4.25. The molecule has 1 saturated carbocycles. The van der Waals surface area contributed by atoms with Crippen LogP contribution < -0.4 is 4.90 Å². The molecule has 0 aliphatic heterocycles. The van der Waals surface area contributed by atoms with Crippen molar-refractivity contribution in [2.75, 3.05) is 4.90 Å². The molecule has 1 aliphatic rings. The molecule has 1 fully saturated rings. The summed E-state index contributed by atoms with van der Waals surface area (Å²) in [6.07, 6.45) is 6.46. The van der Waals surface area contributed by atoms with E-state index in [-0.39, 0.29) is 0 Å². The molecule has 2 aromatic rings. The van der Waals surface area contributed by atoms with Crippen molar-refractivity contribution in [1.82, 2.24) is 0 Å². The molecule has 0 atom stereocenters. The molecule has 21 heavy (non-hydrogen) atoms. The van der Waals surface area contributed by atoms with Crippen LogP contribution in [0.3, 0.4) is 0 Å². The number of nitrogens with zero attached hydrogens (tertiary/aromatic N) is 2. The number of hydrogen-bond donors (Lipinski definition) is 0. The molecule has 1 aliphatic carbocycles. The summed E-state index contributed by atoms with van der Waals surface area (Å²) in [6, 6.07) is 21.3. The van der Waals surface area contributed by atoms with Crippen molar-refractivity contribution in [1.29, 1.82) is 5.26 Å². The Bertz CT molecular complexity index is 604. The zero-order chi connectivity index (χ0) is 14.5. The van der Waals surface area contributed by atoms with Crippen LogP contribution in [0.25, 0.3) is 0 Å². The Morgan fingerprint density at radius 1 is 0.810 bits per heavy atom. The monoisotopic (exact) mass is 276 g/mol. The fourth-order valence-corrected chi connectivity index (χ4v) is 3.20. The summed E-state index contributed by atoms with van der Waals surface area (Å²) in [5.74, 6) is 0. The predicted octanol–water partition coefficient (Wildman–Crippen LogP) is 5.03. The van der Waals surface area contributed by atoms with Gasteiger partial charge < -0.3 is 4.90 Å². The Hall–Kier alpha value is -2.27. The third kappa shape index (κ3) is 3.08. The van der Waals surface area contributed by atoms with Gasteiger partial charge in [-0.3, -0.25) is 0 Å². The molecule has 0 unspecified atom stereocenters. The van der Waals surface area contributed by atoms with Crippen molar-refractivity contribution < 1.29 is 0 Å². The molecule has 0 saturated heterocycles. The lowest BCUT2D eigenvalue weighted by atomic mass is 9.93. The Kier molecular flexibility index (Phi) is 4.21. The molecule has 0 amide bonds. The van der Waals surface area contributed by atoms with E-state index in [9.17, 15) is 0 Å². The topological polar surface area (TPSA) is 27.0 Å². The molecular formula is C19H20N2. The highest BCUT2D eigenvalue weighted by Gasteiger charge is 2.22. The molecule has 0 aromatic heterocycles. The molecule has 2 aromatic carbocycles. The van der Waals surface area contributed by atoms with Gasteiger partial charge in [-0.1, -0.05) is 37.5 Å². The second-order valence-corrected chi connectivity index (χ2v) is 5.66. The molecule has 0 heterocycles. The predicted molar refractivity (Wildman–Crippen MR) is 86.6 cm³/mol. The van der Waals surface area contributed by atoms with Crippen LogP contribution in [0, 0.1) is 11.3 Å². The van der Waals surface area contributed by atoms with Gasteiger partial charge in [0.25, 0.3) is 0 Å². The number of benzene rings is 2. The normalized spacial score (nSPS) is 15.4. The highest BCUT2D eigenvalue weighted by molar-refractivity contribution is 5.64. The van der Waals surface area contributed by atoms with Crippen molar-refractivity contribution in [3.63, 3.8) is 0 Å². The maximum atomic E-state index is 8.97. The molecule has 2 heteroatoms. The SMILES string of the molecule is N#Cc1ccc(N(c2ccccc2)C2CCCCC2)cc1. The van der Waals surface area contributed by atoms with Crippen molar-refractivity contribution in [2.24, 2.45) is 0 Å². The number of hydrogen-bond acceptors (Lipinski definition) is 2. The van der Waals surface area contributed by atoms with Gasteiger partial charge >= 0.3 is 0 Å². The van der Waals surface area contributed by atoms with Gasteiger partial charge in [-0.2, -0.15) is 5.26 Å². The molecular weight excluding hydrogens is 256 g/mol. The minimum atomic E-state index is 0.564. The van der Waals surface area contributed by atoms with E-state index in [0.717, 1.165) is 5.56 Å². The second kappa shape index (κ2) is 6.45. The van der Waals surface area contributed by atoms with Crippen LogP contribution in [0.1, 0.15) is 37.7 Å². The Labute approximate surface area is 126 Å². The van der Waals surface area contributed by atoms with Gasteiger partial charge in [0.15, 0.2) is 0 Å². The van der Waals surface area contributed by atoms with E-state index < -0.39 is 0 Å². The minimum Gasteiger partial charge on any atom is -0.338 e. The van der Waals surface area contributed by atoms with Gasteiger partial charge in [-0.25, -0.2) is 0 Å². The Morgan fingerprint density at radius 2 is 1.43 bits per heavy atom. The first kappa shape index (κ1) is 13.7. The zero-order valence-corrected chi connectivity index (χ0v) is 12.2. The van der Waals surface area contributed by atoms with Gasteiger partial charge in [0, 0.05) is 17.4 Å². The first-order valence-corrected chi connectivity index (χ1v) is 7.73. The van der Waals surface area contributed by atoms with Crippen LogP contribution in [-0.4, -0.2) is 6.04 Å². The summed E-state index contributed by atoms with van der Waals surface area (Å²) < 4.78 is 0. The summed E-state index contributed by atoms with van der Waals surface area (Å²) in [6.45, 7) is 0. The third-order valence-corrected chi connectivity index (χ3v) is 4.25. The molecule has 0 bridgehead atoms. The van der Waals surface area contributed by atoms with Crippen LogP contribution in [0.4, 0.5) is 11.4 Å². The average Bonchev–Trinajstić information content (AvgIpc) is 2.58. The quantitative estimate of drug-likeness (QED) is 0.786. The lowest BCUT2D eigenvalue weighted by Crippen LogP contribution is -2.32. The van der Waals surface area contributed by atoms with E-state index in [0.29, 0.717) is 6.04 Å². The molecule has 0 N–H and O–H groups in total. The summed E-state index contributed by atoms with van der Waals surface area (Å²) >= 11 is 0. The van der Waals surface area contributed by atoms with Crippen LogP contribution in [0.15, 0.2) is 54.6 Å². The van der Waals surface area contributed by atoms with Crippen LogP contribution >= 0.6 is 0 Å².